The van der Waals surface area contributed by atoms with Crippen molar-refractivity contribution < 1.29 is 9.53 Å². The second-order valence-electron chi connectivity index (χ2n) is 4.25. The molecule has 1 aromatic rings. The molecule has 0 fully saturated rings. The Bertz CT molecular complexity index is 349. The summed E-state index contributed by atoms with van der Waals surface area (Å²) in [6, 6.07) is 7.56. The van der Waals surface area contributed by atoms with Crippen molar-refractivity contribution in [3.63, 3.8) is 0 Å². The third kappa shape index (κ3) is 6.31. The fraction of sp³-hybridized carbons (Fsp3) is 0.462. The van der Waals surface area contributed by atoms with Gasteiger partial charge in [-0.15, -0.1) is 0 Å². The molecular formula is C13H18BrNO2. The molecule has 3 nitrogen and oxygen atoms in total. The first-order valence-corrected chi connectivity index (χ1v) is 6.52. The Balaban J connectivity index is 2.19. The summed E-state index contributed by atoms with van der Waals surface area (Å²) < 4.78 is 6.47. The summed E-state index contributed by atoms with van der Waals surface area (Å²) in [7, 11) is 0. The third-order valence-corrected chi connectivity index (χ3v) is 2.65. The first-order chi connectivity index (χ1) is 8.08. The molecule has 4 heteroatoms. The van der Waals surface area contributed by atoms with Gasteiger partial charge in [-0.05, 0) is 30.2 Å². The number of hydrogen-bond acceptors (Lipinski definition) is 2. The molecule has 17 heavy (non-hydrogen) atoms. The van der Waals surface area contributed by atoms with E-state index in [1.54, 1.807) is 0 Å². The second-order valence-corrected chi connectivity index (χ2v) is 5.17. The number of nitrogens with one attached hydrogen (secondary N) is 1. The van der Waals surface area contributed by atoms with Gasteiger partial charge in [-0.25, -0.2) is 0 Å². The second kappa shape index (κ2) is 7.33. The average molecular weight is 300 g/mol. The van der Waals surface area contributed by atoms with Crippen LogP contribution in [-0.2, 0) is 4.79 Å². The molecule has 0 heterocycles. The molecule has 1 amide bonds. The number of amides is 1. The molecule has 1 N–H and O–H groups in total. The Morgan fingerprint density at radius 1 is 1.35 bits per heavy atom. The van der Waals surface area contributed by atoms with Crippen LogP contribution in [0.1, 0.15) is 20.3 Å². The van der Waals surface area contributed by atoms with Crippen molar-refractivity contribution in [2.45, 2.75) is 20.3 Å². The van der Waals surface area contributed by atoms with Crippen LogP contribution in [0.5, 0.6) is 5.75 Å². The highest BCUT2D eigenvalue weighted by molar-refractivity contribution is 9.10. The number of carbonyl (C=O) groups excluding carboxylic acids is 1. The maximum absolute atomic E-state index is 11.4. The molecule has 0 aliphatic rings. The van der Waals surface area contributed by atoms with Crippen LogP contribution in [0.4, 0.5) is 0 Å². The van der Waals surface area contributed by atoms with Gasteiger partial charge in [0.05, 0.1) is 13.0 Å². The number of hydrogen-bond donors (Lipinski definition) is 1. The number of benzene rings is 1. The van der Waals surface area contributed by atoms with E-state index in [1.165, 1.54) is 0 Å². The van der Waals surface area contributed by atoms with Crippen LogP contribution in [-0.4, -0.2) is 19.1 Å². The predicted molar refractivity (Wildman–Crippen MR) is 72.1 cm³/mol. The predicted octanol–water partition coefficient (Wildman–Crippen LogP) is 2.99. The number of ether oxygens (including phenoxy) is 1. The molecule has 0 aliphatic carbocycles. The standard InChI is InChI=1S/C13H18BrNO2/c1-10(2)9-15-13(16)7-8-17-12-5-3-11(14)4-6-12/h3-6,10H,7-9H2,1-2H3,(H,15,16). The van der Waals surface area contributed by atoms with Gasteiger partial charge >= 0.3 is 0 Å². The molecule has 1 rings (SSSR count). The maximum Gasteiger partial charge on any atom is 0.223 e. The van der Waals surface area contributed by atoms with Gasteiger partial charge in [-0.3, -0.25) is 4.79 Å². The lowest BCUT2D eigenvalue weighted by Gasteiger charge is -2.08. The molecule has 0 atom stereocenters. The smallest absolute Gasteiger partial charge is 0.223 e. The topological polar surface area (TPSA) is 38.3 Å². The quantitative estimate of drug-likeness (QED) is 0.877. The minimum atomic E-state index is 0.0378. The molecule has 0 spiro atoms. The monoisotopic (exact) mass is 299 g/mol. The highest BCUT2D eigenvalue weighted by Gasteiger charge is 2.02. The van der Waals surface area contributed by atoms with E-state index in [9.17, 15) is 4.79 Å². The lowest BCUT2D eigenvalue weighted by Crippen LogP contribution is -2.28. The summed E-state index contributed by atoms with van der Waals surface area (Å²) in [5, 5.41) is 2.85. The van der Waals surface area contributed by atoms with Crippen LogP contribution in [0.25, 0.3) is 0 Å². The lowest BCUT2D eigenvalue weighted by atomic mass is 10.2. The van der Waals surface area contributed by atoms with Gasteiger partial charge in [0, 0.05) is 11.0 Å². The van der Waals surface area contributed by atoms with Gasteiger partial charge in [0.25, 0.3) is 0 Å². The van der Waals surface area contributed by atoms with Crippen LogP contribution in [0.2, 0.25) is 0 Å². The zero-order valence-electron chi connectivity index (χ0n) is 10.2. The molecule has 0 aromatic heterocycles. The van der Waals surface area contributed by atoms with Crippen LogP contribution in [0, 0.1) is 5.92 Å². The fourth-order valence-corrected chi connectivity index (χ4v) is 1.46. The zero-order chi connectivity index (χ0) is 12.7. The van der Waals surface area contributed by atoms with Gasteiger partial charge < -0.3 is 10.1 Å². The normalized spacial score (nSPS) is 10.4. The summed E-state index contributed by atoms with van der Waals surface area (Å²) in [6.45, 7) is 5.26. The molecule has 0 bridgehead atoms. The van der Waals surface area contributed by atoms with Crippen LogP contribution in [0.15, 0.2) is 28.7 Å². The van der Waals surface area contributed by atoms with Crippen molar-refractivity contribution in [1.82, 2.24) is 5.32 Å². The molecule has 0 radical (unpaired) electrons. The van der Waals surface area contributed by atoms with E-state index in [2.05, 4.69) is 35.1 Å². The van der Waals surface area contributed by atoms with Gasteiger partial charge in [-0.1, -0.05) is 29.8 Å². The summed E-state index contributed by atoms with van der Waals surface area (Å²) in [5.41, 5.74) is 0. The minimum absolute atomic E-state index is 0.0378. The Hall–Kier alpha value is -1.03. The summed E-state index contributed by atoms with van der Waals surface area (Å²) in [6.07, 6.45) is 0.392. The SMILES string of the molecule is CC(C)CNC(=O)CCOc1ccc(Br)cc1. The Labute approximate surface area is 111 Å². The van der Waals surface area contributed by atoms with Crippen LogP contribution < -0.4 is 10.1 Å². The molecule has 0 saturated carbocycles. The van der Waals surface area contributed by atoms with Crippen LogP contribution in [0.3, 0.4) is 0 Å². The molecule has 94 valence electrons. The highest BCUT2D eigenvalue weighted by atomic mass is 79.9. The van der Waals surface area contributed by atoms with Gasteiger partial charge in [0.1, 0.15) is 5.75 Å². The van der Waals surface area contributed by atoms with Crippen molar-refractivity contribution in [2.24, 2.45) is 5.92 Å². The van der Waals surface area contributed by atoms with Crippen molar-refractivity contribution in [3.05, 3.63) is 28.7 Å². The minimum Gasteiger partial charge on any atom is -0.493 e. The number of halogens is 1. The summed E-state index contributed by atoms with van der Waals surface area (Å²) in [4.78, 5) is 11.4. The van der Waals surface area contributed by atoms with Crippen LogP contribution >= 0.6 is 15.9 Å². The van der Waals surface area contributed by atoms with E-state index in [1.807, 2.05) is 24.3 Å². The molecule has 1 aromatic carbocycles. The Morgan fingerprint density at radius 2 is 2.00 bits per heavy atom. The van der Waals surface area contributed by atoms with Crippen molar-refractivity contribution >= 4 is 21.8 Å². The maximum atomic E-state index is 11.4. The van der Waals surface area contributed by atoms with E-state index in [-0.39, 0.29) is 5.91 Å². The van der Waals surface area contributed by atoms with Gasteiger partial charge in [0.2, 0.25) is 5.91 Å². The van der Waals surface area contributed by atoms with E-state index >= 15 is 0 Å². The molecule has 0 unspecified atom stereocenters. The van der Waals surface area contributed by atoms with Gasteiger partial charge in [-0.2, -0.15) is 0 Å². The number of rotatable bonds is 6. The number of carbonyl (C=O) groups is 1. The van der Waals surface area contributed by atoms with E-state index in [0.29, 0.717) is 18.9 Å². The molecule has 0 saturated heterocycles. The summed E-state index contributed by atoms with van der Waals surface area (Å²) >= 11 is 3.35. The zero-order valence-corrected chi connectivity index (χ0v) is 11.8. The average Bonchev–Trinajstić information content (AvgIpc) is 2.29. The first-order valence-electron chi connectivity index (χ1n) is 5.73. The largest absolute Gasteiger partial charge is 0.493 e. The fourth-order valence-electron chi connectivity index (χ4n) is 1.20. The Kier molecular flexibility index (Phi) is 6.05. The van der Waals surface area contributed by atoms with Crippen molar-refractivity contribution in [2.75, 3.05) is 13.2 Å². The highest BCUT2D eigenvalue weighted by Crippen LogP contribution is 2.16. The first kappa shape index (κ1) is 14.0. The Morgan fingerprint density at radius 3 is 2.59 bits per heavy atom. The van der Waals surface area contributed by atoms with E-state index in [4.69, 9.17) is 4.74 Å². The van der Waals surface area contributed by atoms with Gasteiger partial charge in [0.15, 0.2) is 0 Å². The molecule has 0 aliphatic heterocycles. The summed E-state index contributed by atoms with van der Waals surface area (Å²) in [5.74, 6) is 1.30. The third-order valence-electron chi connectivity index (χ3n) is 2.12. The van der Waals surface area contributed by atoms with E-state index < -0.39 is 0 Å². The van der Waals surface area contributed by atoms with E-state index in [0.717, 1.165) is 16.8 Å². The molecular weight excluding hydrogens is 282 g/mol. The lowest BCUT2D eigenvalue weighted by molar-refractivity contribution is -0.121. The van der Waals surface area contributed by atoms with Crippen molar-refractivity contribution in [3.8, 4) is 5.75 Å². The van der Waals surface area contributed by atoms with Crippen molar-refractivity contribution in [1.29, 1.82) is 0 Å².